The summed E-state index contributed by atoms with van der Waals surface area (Å²) in [5.74, 6) is 0.619. The molecule has 1 amide bonds. The first-order valence-electron chi connectivity index (χ1n) is 7.55. The van der Waals surface area contributed by atoms with Crippen LogP contribution in [-0.4, -0.2) is 27.8 Å². The predicted molar refractivity (Wildman–Crippen MR) is 88.2 cm³/mol. The lowest BCUT2D eigenvalue weighted by molar-refractivity contribution is 0.0916. The van der Waals surface area contributed by atoms with Crippen LogP contribution in [0.3, 0.4) is 0 Å². The van der Waals surface area contributed by atoms with E-state index >= 15 is 0 Å². The van der Waals surface area contributed by atoms with Crippen LogP contribution >= 0.6 is 0 Å². The van der Waals surface area contributed by atoms with Crippen molar-refractivity contribution in [2.24, 2.45) is 0 Å². The molecule has 0 aliphatic heterocycles. The number of hydrogen-bond donors (Lipinski definition) is 2. The molecule has 0 fully saturated rings. The van der Waals surface area contributed by atoms with Crippen molar-refractivity contribution in [1.82, 2.24) is 15.5 Å². The lowest BCUT2D eigenvalue weighted by atomic mass is 10.1. The van der Waals surface area contributed by atoms with E-state index < -0.39 is 6.04 Å². The van der Waals surface area contributed by atoms with Crippen LogP contribution in [-0.2, 0) is 0 Å². The van der Waals surface area contributed by atoms with Crippen LogP contribution < -0.4 is 5.32 Å². The zero-order chi connectivity index (χ0) is 16.9. The number of aromatic nitrogens is 2. The third kappa shape index (κ3) is 3.49. The lowest BCUT2D eigenvalue weighted by Gasteiger charge is -2.16. The van der Waals surface area contributed by atoms with Gasteiger partial charge in [0.1, 0.15) is 0 Å². The van der Waals surface area contributed by atoms with Gasteiger partial charge in [-0.15, -0.1) is 0 Å². The summed E-state index contributed by atoms with van der Waals surface area (Å²) in [5.41, 5.74) is 2.00. The van der Waals surface area contributed by atoms with Gasteiger partial charge in [0.25, 0.3) is 5.91 Å². The fourth-order valence-corrected chi connectivity index (χ4v) is 2.38. The average molecular weight is 323 g/mol. The molecule has 0 saturated carbocycles. The van der Waals surface area contributed by atoms with Crippen molar-refractivity contribution in [3.63, 3.8) is 0 Å². The van der Waals surface area contributed by atoms with Gasteiger partial charge >= 0.3 is 0 Å². The second kappa shape index (κ2) is 7.06. The smallest absolute Gasteiger partial charge is 0.251 e. The number of aryl methyl sites for hydroxylation is 1. The minimum Gasteiger partial charge on any atom is -0.394 e. The normalized spacial score (nSPS) is 11.9. The highest BCUT2D eigenvalue weighted by Gasteiger charge is 2.16. The van der Waals surface area contributed by atoms with Crippen molar-refractivity contribution < 1.29 is 14.4 Å². The van der Waals surface area contributed by atoms with E-state index in [0.29, 0.717) is 22.8 Å². The van der Waals surface area contributed by atoms with Gasteiger partial charge in [-0.25, -0.2) is 0 Å². The number of benzene rings is 2. The Morgan fingerprint density at radius 1 is 1.21 bits per heavy atom. The molecule has 1 aromatic heterocycles. The van der Waals surface area contributed by atoms with E-state index in [1.165, 1.54) is 0 Å². The minimum absolute atomic E-state index is 0.181. The Bertz CT molecular complexity index is 830. The summed E-state index contributed by atoms with van der Waals surface area (Å²) >= 11 is 0. The van der Waals surface area contributed by atoms with E-state index in [1.807, 2.05) is 36.4 Å². The largest absolute Gasteiger partial charge is 0.394 e. The summed E-state index contributed by atoms with van der Waals surface area (Å²) in [6.07, 6.45) is 0. The molecule has 1 heterocycles. The molecule has 24 heavy (non-hydrogen) atoms. The van der Waals surface area contributed by atoms with Gasteiger partial charge in [-0.05, 0) is 17.7 Å². The molecule has 0 bridgehead atoms. The first kappa shape index (κ1) is 15.9. The first-order valence-corrected chi connectivity index (χ1v) is 7.55. The SMILES string of the molecule is Cc1nc(-c2cccc(C(=O)NC(CO)c3ccccc3)c2)no1. The van der Waals surface area contributed by atoms with Crippen molar-refractivity contribution in [2.45, 2.75) is 13.0 Å². The Kier molecular flexibility index (Phi) is 4.67. The van der Waals surface area contributed by atoms with Gasteiger partial charge < -0.3 is 14.9 Å². The molecule has 3 rings (SSSR count). The van der Waals surface area contributed by atoms with Crippen molar-refractivity contribution in [3.8, 4) is 11.4 Å². The van der Waals surface area contributed by atoms with Gasteiger partial charge in [-0.3, -0.25) is 4.79 Å². The van der Waals surface area contributed by atoms with Crippen LogP contribution in [0.2, 0.25) is 0 Å². The van der Waals surface area contributed by atoms with E-state index in [1.54, 1.807) is 25.1 Å². The fraction of sp³-hybridized carbons (Fsp3) is 0.167. The molecule has 122 valence electrons. The Morgan fingerprint density at radius 3 is 2.67 bits per heavy atom. The summed E-state index contributed by atoms with van der Waals surface area (Å²) in [6.45, 7) is 1.53. The van der Waals surface area contributed by atoms with Crippen LogP contribution in [0.5, 0.6) is 0 Å². The molecule has 2 aromatic carbocycles. The number of carbonyl (C=O) groups is 1. The van der Waals surface area contributed by atoms with Crippen LogP contribution in [0.15, 0.2) is 59.1 Å². The van der Waals surface area contributed by atoms with E-state index in [4.69, 9.17) is 4.52 Å². The number of amides is 1. The Balaban J connectivity index is 1.80. The Labute approximate surface area is 139 Å². The zero-order valence-electron chi connectivity index (χ0n) is 13.1. The van der Waals surface area contributed by atoms with Crippen molar-refractivity contribution >= 4 is 5.91 Å². The predicted octanol–water partition coefficient (Wildman–Crippen LogP) is 2.51. The summed E-state index contributed by atoms with van der Waals surface area (Å²) in [4.78, 5) is 16.6. The van der Waals surface area contributed by atoms with Crippen molar-refractivity contribution in [3.05, 3.63) is 71.6 Å². The lowest BCUT2D eigenvalue weighted by Crippen LogP contribution is -2.30. The number of nitrogens with one attached hydrogen (secondary N) is 1. The molecule has 6 heteroatoms. The maximum atomic E-state index is 12.5. The average Bonchev–Trinajstić information content (AvgIpc) is 3.07. The van der Waals surface area contributed by atoms with E-state index in [9.17, 15) is 9.90 Å². The third-order valence-electron chi connectivity index (χ3n) is 3.60. The number of carbonyl (C=O) groups excluding carboxylic acids is 1. The third-order valence-corrected chi connectivity index (χ3v) is 3.60. The van der Waals surface area contributed by atoms with Crippen molar-refractivity contribution in [1.29, 1.82) is 0 Å². The molecular formula is C18H17N3O3. The molecule has 1 atom stereocenters. The molecule has 3 aromatic rings. The molecule has 2 N–H and O–H groups in total. The molecule has 0 radical (unpaired) electrons. The zero-order valence-corrected chi connectivity index (χ0v) is 13.1. The Morgan fingerprint density at radius 2 is 2.00 bits per heavy atom. The van der Waals surface area contributed by atoms with E-state index in [0.717, 1.165) is 5.56 Å². The molecule has 1 unspecified atom stereocenters. The monoisotopic (exact) mass is 323 g/mol. The summed E-state index contributed by atoms with van der Waals surface area (Å²) in [7, 11) is 0. The summed E-state index contributed by atoms with van der Waals surface area (Å²) in [6, 6.07) is 15.8. The molecule has 0 aliphatic carbocycles. The van der Waals surface area contributed by atoms with Gasteiger partial charge in [0.2, 0.25) is 11.7 Å². The molecule has 0 saturated heterocycles. The van der Waals surface area contributed by atoms with Gasteiger partial charge in [0, 0.05) is 18.1 Å². The second-order valence-corrected chi connectivity index (χ2v) is 5.34. The highest BCUT2D eigenvalue weighted by Crippen LogP contribution is 2.18. The molecule has 0 aliphatic rings. The van der Waals surface area contributed by atoms with Crippen LogP contribution in [0.1, 0.15) is 27.9 Å². The highest BCUT2D eigenvalue weighted by atomic mass is 16.5. The fourth-order valence-electron chi connectivity index (χ4n) is 2.38. The summed E-state index contributed by atoms with van der Waals surface area (Å²) in [5, 5.41) is 16.2. The van der Waals surface area contributed by atoms with Gasteiger partial charge in [0.05, 0.1) is 12.6 Å². The van der Waals surface area contributed by atoms with Crippen molar-refractivity contribution in [2.75, 3.05) is 6.61 Å². The number of hydrogen-bond acceptors (Lipinski definition) is 5. The molecule has 0 spiro atoms. The quantitative estimate of drug-likeness (QED) is 0.753. The van der Waals surface area contributed by atoms with Crippen LogP contribution in [0, 0.1) is 6.92 Å². The van der Waals surface area contributed by atoms with Crippen LogP contribution in [0.25, 0.3) is 11.4 Å². The number of aliphatic hydroxyl groups excluding tert-OH is 1. The maximum Gasteiger partial charge on any atom is 0.251 e. The van der Waals surface area contributed by atoms with E-state index in [2.05, 4.69) is 15.5 Å². The topological polar surface area (TPSA) is 88.2 Å². The standard InChI is InChI=1S/C18H17N3O3/c1-12-19-17(21-24-12)14-8-5-9-15(10-14)18(23)20-16(11-22)13-6-3-2-4-7-13/h2-10,16,22H,11H2,1H3,(H,20,23). The molecular weight excluding hydrogens is 306 g/mol. The van der Waals surface area contributed by atoms with Gasteiger partial charge in [-0.1, -0.05) is 47.6 Å². The highest BCUT2D eigenvalue weighted by molar-refractivity contribution is 5.95. The Hall–Kier alpha value is -2.99. The van der Waals surface area contributed by atoms with E-state index in [-0.39, 0.29) is 12.5 Å². The number of rotatable bonds is 5. The molecule has 6 nitrogen and oxygen atoms in total. The minimum atomic E-state index is -0.463. The number of nitrogens with zero attached hydrogens (tertiary/aromatic N) is 2. The van der Waals surface area contributed by atoms with Gasteiger partial charge in [-0.2, -0.15) is 4.98 Å². The maximum absolute atomic E-state index is 12.5. The first-order chi connectivity index (χ1) is 11.7. The second-order valence-electron chi connectivity index (χ2n) is 5.34. The van der Waals surface area contributed by atoms with Gasteiger partial charge in [0.15, 0.2) is 0 Å². The number of aliphatic hydroxyl groups is 1. The summed E-state index contributed by atoms with van der Waals surface area (Å²) < 4.78 is 4.96. The van der Waals surface area contributed by atoms with Crippen LogP contribution in [0.4, 0.5) is 0 Å².